The molecule has 2 aromatic carbocycles. The molecule has 5 rings (SSSR count). The van der Waals surface area contributed by atoms with Gasteiger partial charge in [-0.25, -0.2) is 22.0 Å². The Kier molecular flexibility index (Phi) is 7.54. The number of amides is 2. The maximum atomic E-state index is 14.8. The van der Waals surface area contributed by atoms with Crippen LogP contribution >= 0.6 is 11.6 Å². The van der Waals surface area contributed by atoms with Crippen molar-refractivity contribution < 1.29 is 36.6 Å². The molecule has 12 heteroatoms. The number of aromatic nitrogens is 1. The summed E-state index contributed by atoms with van der Waals surface area (Å²) in [5.74, 6) is -8.07. The lowest BCUT2D eigenvalue weighted by Crippen LogP contribution is -2.52. The van der Waals surface area contributed by atoms with Crippen molar-refractivity contribution in [3.63, 3.8) is 0 Å². The van der Waals surface area contributed by atoms with Crippen LogP contribution < -0.4 is 10.2 Å². The fourth-order valence-corrected chi connectivity index (χ4v) is 5.96. The number of carbonyl (C=O) groups is 2. The molecule has 0 saturated heterocycles. The van der Waals surface area contributed by atoms with Crippen molar-refractivity contribution in [3.05, 3.63) is 95.1 Å². The lowest BCUT2D eigenvalue weighted by atomic mass is 9.77. The Bertz CT molecular complexity index is 1450. The van der Waals surface area contributed by atoms with E-state index in [-0.39, 0.29) is 36.2 Å². The number of hydrogen-bond donors (Lipinski definition) is 2. The van der Waals surface area contributed by atoms with Gasteiger partial charge in [0, 0.05) is 53.5 Å². The van der Waals surface area contributed by atoms with Crippen LogP contribution in [0.1, 0.15) is 34.3 Å². The normalized spacial score (nSPS) is 26.2. The van der Waals surface area contributed by atoms with E-state index < -0.39 is 70.1 Å². The lowest BCUT2D eigenvalue weighted by molar-refractivity contribution is -0.132. The molecule has 6 nitrogen and oxygen atoms in total. The van der Waals surface area contributed by atoms with E-state index in [2.05, 4.69) is 10.3 Å². The molecule has 1 aliphatic carbocycles. The number of alkyl halides is 3. The summed E-state index contributed by atoms with van der Waals surface area (Å²) in [6, 6.07) is 8.68. The van der Waals surface area contributed by atoms with Gasteiger partial charge in [-0.2, -0.15) is 0 Å². The van der Waals surface area contributed by atoms with Gasteiger partial charge >= 0.3 is 0 Å². The predicted molar refractivity (Wildman–Crippen MR) is 135 cm³/mol. The average molecular weight is 580 g/mol. The number of hydrogen-bond acceptors (Lipinski definition) is 4. The zero-order valence-electron chi connectivity index (χ0n) is 20.7. The first-order valence-corrected chi connectivity index (χ1v) is 12.9. The SMILES string of the molecule is O=C(N[C@@H]1C[C@@H](Cl)[C@@H](CN2C(=O)[C@](O)(c3cc(F)cc(F)c3F)c3ccccc32)C[C@H]1C(F)F)c1cccnc1. The van der Waals surface area contributed by atoms with Crippen LogP contribution in [0.15, 0.2) is 60.9 Å². The standard InChI is InChI=1S/C28H23ClF5N3O3/c29-20-11-22(36-26(38)14-4-3-7-35-12-14)17(25(33)34)8-15(20)13-37-23-6-2-1-5-18(23)28(40,27(37)39)19-9-16(30)10-21(31)24(19)32/h1-7,9-10,12,15,17,20,22,25,40H,8,11,13H2,(H,36,38)/t15-,17-,20-,22-,28-/m1/s1. The molecule has 2 N–H and O–H groups in total. The van der Waals surface area contributed by atoms with Crippen molar-refractivity contribution in [2.45, 2.75) is 36.3 Å². The zero-order valence-corrected chi connectivity index (χ0v) is 21.5. The molecule has 0 radical (unpaired) electrons. The maximum Gasteiger partial charge on any atom is 0.268 e. The quantitative estimate of drug-likeness (QED) is 0.250. The summed E-state index contributed by atoms with van der Waals surface area (Å²) in [6.07, 6.45) is -0.269. The third-order valence-electron chi connectivity index (χ3n) is 7.59. The topological polar surface area (TPSA) is 82.5 Å². The van der Waals surface area contributed by atoms with Gasteiger partial charge in [0.05, 0.1) is 11.3 Å². The summed E-state index contributed by atoms with van der Waals surface area (Å²) in [4.78, 5) is 31.2. The molecular formula is C28H23ClF5N3O3. The average Bonchev–Trinajstić information content (AvgIpc) is 3.14. The van der Waals surface area contributed by atoms with Gasteiger partial charge in [0.1, 0.15) is 5.82 Å². The van der Waals surface area contributed by atoms with Crippen LogP contribution in [-0.4, -0.2) is 46.3 Å². The summed E-state index contributed by atoms with van der Waals surface area (Å²) >= 11 is 6.62. The van der Waals surface area contributed by atoms with Crippen molar-refractivity contribution in [2.24, 2.45) is 11.8 Å². The molecule has 5 atom stereocenters. The number of pyridine rings is 1. The first-order valence-electron chi connectivity index (χ1n) is 12.4. The van der Waals surface area contributed by atoms with E-state index in [1.807, 2.05) is 0 Å². The predicted octanol–water partition coefficient (Wildman–Crippen LogP) is 4.78. The molecule has 1 aliphatic heterocycles. The highest BCUT2D eigenvalue weighted by molar-refractivity contribution is 6.21. The largest absolute Gasteiger partial charge is 0.372 e. The highest BCUT2D eigenvalue weighted by Crippen LogP contribution is 2.47. The number of benzene rings is 2. The number of halogens is 6. The minimum absolute atomic E-state index is 0.0368. The Balaban J connectivity index is 1.42. The number of nitrogens with zero attached hydrogens (tertiary/aromatic N) is 2. The molecule has 210 valence electrons. The number of carbonyl (C=O) groups excluding carboxylic acids is 2. The van der Waals surface area contributed by atoms with Gasteiger partial charge < -0.3 is 15.3 Å². The first-order chi connectivity index (χ1) is 19.0. The number of rotatable bonds is 6. The lowest BCUT2D eigenvalue weighted by Gasteiger charge is -2.40. The highest BCUT2D eigenvalue weighted by Gasteiger charge is 2.54. The van der Waals surface area contributed by atoms with Gasteiger partial charge in [-0.05, 0) is 43.0 Å². The summed E-state index contributed by atoms with van der Waals surface area (Å²) < 4.78 is 71.3. The Labute approximate surface area is 230 Å². The molecule has 0 bridgehead atoms. The third kappa shape index (κ3) is 4.81. The van der Waals surface area contributed by atoms with Crippen LogP contribution in [0.2, 0.25) is 0 Å². The van der Waals surface area contributed by atoms with E-state index in [0.29, 0.717) is 12.1 Å². The first kappa shape index (κ1) is 28.0. The molecule has 3 aromatic rings. The van der Waals surface area contributed by atoms with Gasteiger partial charge in [0.25, 0.3) is 11.8 Å². The molecule has 2 heterocycles. The Morgan fingerprint density at radius 2 is 1.88 bits per heavy atom. The van der Waals surface area contributed by atoms with Gasteiger partial charge in [-0.3, -0.25) is 14.6 Å². The number of nitrogens with one attached hydrogen (secondary N) is 1. The van der Waals surface area contributed by atoms with Crippen LogP contribution in [0.5, 0.6) is 0 Å². The molecule has 1 aromatic heterocycles. The monoisotopic (exact) mass is 579 g/mol. The van der Waals surface area contributed by atoms with Crippen molar-refractivity contribution in [2.75, 3.05) is 11.4 Å². The van der Waals surface area contributed by atoms with Gasteiger partial charge in [0.15, 0.2) is 17.2 Å². The minimum Gasteiger partial charge on any atom is -0.372 e. The van der Waals surface area contributed by atoms with Crippen molar-refractivity contribution in [1.29, 1.82) is 0 Å². The van der Waals surface area contributed by atoms with Gasteiger partial charge in [-0.1, -0.05) is 18.2 Å². The molecule has 2 aliphatic rings. The van der Waals surface area contributed by atoms with Crippen molar-refractivity contribution in [1.82, 2.24) is 10.3 Å². The number of fused-ring (bicyclic) bond motifs is 1. The molecule has 2 amide bonds. The zero-order chi connectivity index (χ0) is 28.8. The molecule has 0 unspecified atom stereocenters. The number of aliphatic hydroxyl groups is 1. The van der Waals surface area contributed by atoms with E-state index >= 15 is 0 Å². The Morgan fingerprint density at radius 3 is 2.58 bits per heavy atom. The van der Waals surface area contributed by atoms with E-state index in [9.17, 15) is 36.6 Å². The van der Waals surface area contributed by atoms with Gasteiger partial charge in [0.2, 0.25) is 6.43 Å². The van der Waals surface area contributed by atoms with E-state index in [1.54, 1.807) is 6.07 Å². The highest BCUT2D eigenvalue weighted by atomic mass is 35.5. The summed E-state index contributed by atoms with van der Waals surface area (Å²) in [7, 11) is 0. The third-order valence-corrected chi connectivity index (χ3v) is 8.12. The minimum atomic E-state index is -2.83. The van der Waals surface area contributed by atoms with Crippen LogP contribution in [-0.2, 0) is 10.4 Å². The Morgan fingerprint density at radius 1 is 1.12 bits per heavy atom. The molecule has 1 saturated carbocycles. The van der Waals surface area contributed by atoms with Crippen molar-refractivity contribution in [3.8, 4) is 0 Å². The second kappa shape index (κ2) is 10.8. The second-order valence-electron chi connectivity index (χ2n) is 9.96. The number of anilines is 1. The van der Waals surface area contributed by atoms with E-state index in [1.165, 1.54) is 42.7 Å². The van der Waals surface area contributed by atoms with Crippen LogP contribution in [0, 0.1) is 29.3 Å². The molecular weight excluding hydrogens is 557 g/mol. The number of para-hydroxylation sites is 1. The molecule has 1 fully saturated rings. The fraction of sp³-hybridized carbons (Fsp3) is 0.321. The van der Waals surface area contributed by atoms with E-state index in [4.69, 9.17) is 11.6 Å². The van der Waals surface area contributed by atoms with E-state index in [0.717, 1.165) is 4.90 Å². The second-order valence-corrected chi connectivity index (χ2v) is 10.5. The van der Waals surface area contributed by atoms with Crippen molar-refractivity contribution >= 4 is 29.1 Å². The Hall–Kier alpha value is -3.57. The molecule has 0 spiro atoms. The molecule has 40 heavy (non-hydrogen) atoms. The summed E-state index contributed by atoms with van der Waals surface area (Å²) in [5.41, 5.74) is -3.45. The van der Waals surface area contributed by atoms with Crippen LogP contribution in [0.25, 0.3) is 0 Å². The summed E-state index contributed by atoms with van der Waals surface area (Å²) in [6.45, 7) is -0.238. The van der Waals surface area contributed by atoms with Crippen LogP contribution in [0.3, 0.4) is 0 Å². The van der Waals surface area contributed by atoms with Gasteiger partial charge in [-0.15, -0.1) is 11.6 Å². The fourth-order valence-electron chi connectivity index (χ4n) is 5.58. The van der Waals surface area contributed by atoms with Crippen LogP contribution in [0.4, 0.5) is 27.6 Å². The maximum absolute atomic E-state index is 14.8. The summed E-state index contributed by atoms with van der Waals surface area (Å²) in [5, 5.41) is 13.3. The smallest absolute Gasteiger partial charge is 0.268 e.